The third-order valence-corrected chi connectivity index (χ3v) is 3.89. The number of ether oxygens (including phenoxy) is 1. The molecule has 106 valence electrons. The number of piperidine rings is 1. The number of nitrogens with one attached hydrogen (secondary N) is 1. The fourth-order valence-corrected chi connectivity index (χ4v) is 2.84. The van der Waals surface area contributed by atoms with Crippen molar-refractivity contribution in [3.05, 3.63) is 28.8 Å². The largest absolute Gasteiger partial charge is 0.490 e. The van der Waals surface area contributed by atoms with Crippen molar-refractivity contribution in [2.75, 3.05) is 26.2 Å². The van der Waals surface area contributed by atoms with Crippen molar-refractivity contribution in [2.45, 2.75) is 32.3 Å². The topological polar surface area (TPSA) is 33.9 Å². The summed E-state index contributed by atoms with van der Waals surface area (Å²) < 4.78 is 5.67. The lowest BCUT2D eigenvalue weighted by Crippen LogP contribution is -3.14. The molecule has 1 aromatic carbocycles. The zero-order valence-corrected chi connectivity index (χ0v) is 12.2. The molecule has 1 aliphatic rings. The Bertz CT molecular complexity index is 405. The molecule has 1 aromatic rings. The van der Waals surface area contributed by atoms with Crippen molar-refractivity contribution >= 4 is 11.6 Å². The summed E-state index contributed by atoms with van der Waals surface area (Å²) in [6.07, 6.45) is 3.49. The van der Waals surface area contributed by atoms with E-state index in [4.69, 9.17) is 16.3 Å². The first-order chi connectivity index (χ1) is 9.15. The Morgan fingerprint density at radius 2 is 2.05 bits per heavy atom. The molecular weight excluding hydrogens is 262 g/mol. The van der Waals surface area contributed by atoms with Gasteiger partial charge < -0.3 is 14.7 Å². The summed E-state index contributed by atoms with van der Waals surface area (Å²) in [5.74, 6) is 0.803. The Labute approximate surface area is 120 Å². The van der Waals surface area contributed by atoms with Gasteiger partial charge >= 0.3 is 0 Å². The van der Waals surface area contributed by atoms with Crippen LogP contribution in [0.15, 0.2) is 18.2 Å². The summed E-state index contributed by atoms with van der Waals surface area (Å²) in [6, 6.07) is 5.55. The van der Waals surface area contributed by atoms with Crippen molar-refractivity contribution in [3.8, 4) is 5.75 Å². The van der Waals surface area contributed by atoms with Crippen LogP contribution < -0.4 is 9.64 Å². The predicted molar refractivity (Wildman–Crippen MR) is 77.1 cm³/mol. The van der Waals surface area contributed by atoms with Gasteiger partial charge in [0.05, 0.1) is 13.1 Å². The number of likely N-dealkylation sites (tertiary alicyclic amines) is 1. The minimum atomic E-state index is -0.400. The second-order valence-corrected chi connectivity index (χ2v) is 5.83. The van der Waals surface area contributed by atoms with Crippen LogP contribution in [0.1, 0.15) is 24.8 Å². The highest BCUT2D eigenvalue weighted by Gasteiger charge is 2.18. The van der Waals surface area contributed by atoms with Gasteiger partial charge in [0.15, 0.2) is 0 Å². The molecule has 2 rings (SSSR count). The van der Waals surface area contributed by atoms with Crippen LogP contribution in [0.5, 0.6) is 5.75 Å². The third-order valence-electron chi connectivity index (χ3n) is 3.65. The van der Waals surface area contributed by atoms with Crippen molar-refractivity contribution in [2.24, 2.45) is 0 Å². The van der Waals surface area contributed by atoms with Gasteiger partial charge in [0.25, 0.3) is 0 Å². The normalized spacial score (nSPS) is 18.3. The van der Waals surface area contributed by atoms with E-state index in [1.807, 2.05) is 25.1 Å². The SMILES string of the molecule is Cc1cc(Cl)ccc1OC[C@@H](O)C[NH+]1CCCCC1. The van der Waals surface area contributed by atoms with Gasteiger partial charge in [-0.25, -0.2) is 0 Å². The average Bonchev–Trinajstić information content (AvgIpc) is 2.39. The quantitative estimate of drug-likeness (QED) is 0.858. The molecule has 0 saturated carbocycles. The Balaban J connectivity index is 1.77. The molecule has 0 bridgehead atoms. The van der Waals surface area contributed by atoms with Crippen LogP contribution in [-0.2, 0) is 0 Å². The van der Waals surface area contributed by atoms with Gasteiger partial charge in [-0.15, -0.1) is 0 Å². The van der Waals surface area contributed by atoms with E-state index < -0.39 is 6.10 Å². The first-order valence-corrected chi connectivity index (χ1v) is 7.43. The van der Waals surface area contributed by atoms with Crippen LogP contribution in [-0.4, -0.2) is 37.5 Å². The van der Waals surface area contributed by atoms with Gasteiger partial charge in [-0.1, -0.05) is 11.6 Å². The third kappa shape index (κ3) is 4.68. The van der Waals surface area contributed by atoms with Gasteiger partial charge in [-0.2, -0.15) is 0 Å². The molecule has 0 unspecified atom stereocenters. The lowest BCUT2D eigenvalue weighted by atomic mass is 10.1. The zero-order valence-electron chi connectivity index (χ0n) is 11.5. The second kappa shape index (κ2) is 7.13. The smallest absolute Gasteiger partial charge is 0.137 e. The molecule has 1 atom stereocenters. The highest BCUT2D eigenvalue weighted by atomic mass is 35.5. The Kier molecular flexibility index (Phi) is 5.49. The second-order valence-electron chi connectivity index (χ2n) is 5.39. The number of rotatable bonds is 5. The first-order valence-electron chi connectivity index (χ1n) is 7.06. The number of aliphatic hydroxyl groups excluding tert-OH is 1. The van der Waals surface area contributed by atoms with Crippen molar-refractivity contribution in [1.29, 1.82) is 0 Å². The number of hydrogen-bond acceptors (Lipinski definition) is 2. The molecule has 1 heterocycles. The van der Waals surface area contributed by atoms with E-state index in [1.165, 1.54) is 37.3 Å². The summed E-state index contributed by atoms with van der Waals surface area (Å²) in [5.41, 5.74) is 1.00. The van der Waals surface area contributed by atoms with Crippen LogP contribution in [0.3, 0.4) is 0 Å². The maximum Gasteiger partial charge on any atom is 0.137 e. The lowest BCUT2D eigenvalue weighted by molar-refractivity contribution is -0.908. The molecule has 19 heavy (non-hydrogen) atoms. The van der Waals surface area contributed by atoms with Crippen molar-refractivity contribution in [1.82, 2.24) is 0 Å². The van der Waals surface area contributed by atoms with E-state index in [0.717, 1.165) is 17.9 Å². The summed E-state index contributed by atoms with van der Waals surface area (Å²) in [6.45, 7) is 5.45. The number of aliphatic hydroxyl groups is 1. The monoisotopic (exact) mass is 284 g/mol. The molecule has 0 aliphatic carbocycles. The summed E-state index contributed by atoms with van der Waals surface area (Å²) in [4.78, 5) is 1.50. The Hall–Kier alpha value is -0.770. The molecular formula is C15H23ClNO2+. The number of hydrogen-bond donors (Lipinski definition) is 2. The maximum absolute atomic E-state index is 10.0. The van der Waals surface area contributed by atoms with Gasteiger partial charge in [-0.05, 0) is 49.9 Å². The van der Waals surface area contributed by atoms with Crippen LogP contribution in [0.25, 0.3) is 0 Å². The Morgan fingerprint density at radius 1 is 1.32 bits per heavy atom. The van der Waals surface area contributed by atoms with Crippen molar-refractivity contribution < 1.29 is 14.7 Å². The minimum Gasteiger partial charge on any atom is -0.490 e. The van der Waals surface area contributed by atoms with E-state index in [0.29, 0.717) is 11.6 Å². The van der Waals surface area contributed by atoms with Gasteiger partial charge in [0.1, 0.15) is 25.0 Å². The molecule has 0 radical (unpaired) electrons. The molecule has 1 saturated heterocycles. The van der Waals surface area contributed by atoms with Crippen LogP contribution >= 0.6 is 11.6 Å². The number of halogens is 1. The highest BCUT2D eigenvalue weighted by Crippen LogP contribution is 2.21. The van der Waals surface area contributed by atoms with Crippen molar-refractivity contribution in [3.63, 3.8) is 0 Å². The molecule has 1 fully saturated rings. The lowest BCUT2D eigenvalue weighted by Gasteiger charge is -2.25. The molecule has 0 aromatic heterocycles. The van der Waals surface area contributed by atoms with E-state index in [9.17, 15) is 5.11 Å². The Morgan fingerprint density at radius 3 is 2.74 bits per heavy atom. The number of quaternary nitrogens is 1. The van der Waals surface area contributed by atoms with Gasteiger partial charge in [0.2, 0.25) is 0 Å². The average molecular weight is 285 g/mol. The highest BCUT2D eigenvalue weighted by molar-refractivity contribution is 6.30. The van der Waals surface area contributed by atoms with Crippen LogP contribution in [0.4, 0.5) is 0 Å². The van der Waals surface area contributed by atoms with Crippen LogP contribution in [0.2, 0.25) is 5.02 Å². The minimum absolute atomic E-state index is 0.353. The molecule has 1 aliphatic heterocycles. The fraction of sp³-hybridized carbons (Fsp3) is 0.600. The molecule has 4 heteroatoms. The summed E-state index contributed by atoms with van der Waals surface area (Å²) >= 11 is 5.90. The predicted octanol–water partition coefficient (Wildman–Crippen LogP) is 1.46. The number of aryl methyl sites for hydroxylation is 1. The number of benzene rings is 1. The van der Waals surface area contributed by atoms with Gasteiger partial charge in [-0.3, -0.25) is 0 Å². The fourth-order valence-electron chi connectivity index (χ4n) is 2.61. The molecule has 0 amide bonds. The van der Waals surface area contributed by atoms with Gasteiger partial charge in [0, 0.05) is 5.02 Å². The maximum atomic E-state index is 10.0. The first kappa shape index (κ1) is 14.6. The molecule has 0 spiro atoms. The summed E-state index contributed by atoms with van der Waals surface area (Å²) in [7, 11) is 0. The molecule has 2 N–H and O–H groups in total. The molecule has 3 nitrogen and oxygen atoms in total. The summed E-state index contributed by atoms with van der Waals surface area (Å²) in [5, 5.41) is 10.7. The van der Waals surface area contributed by atoms with E-state index in [-0.39, 0.29) is 0 Å². The zero-order chi connectivity index (χ0) is 13.7. The van der Waals surface area contributed by atoms with E-state index in [2.05, 4.69) is 0 Å². The van der Waals surface area contributed by atoms with E-state index >= 15 is 0 Å². The van der Waals surface area contributed by atoms with Crippen LogP contribution in [0, 0.1) is 6.92 Å². The standard InChI is InChI=1S/C15H22ClNO2/c1-12-9-13(16)5-6-15(12)19-11-14(18)10-17-7-3-2-4-8-17/h5-6,9,14,18H,2-4,7-8,10-11H2,1H3/p+1/t14-/m0/s1. The van der Waals surface area contributed by atoms with E-state index in [1.54, 1.807) is 0 Å².